The van der Waals surface area contributed by atoms with Crippen molar-refractivity contribution in [3.05, 3.63) is 17.6 Å². The molecule has 4 heteroatoms. The van der Waals surface area contributed by atoms with Gasteiger partial charge in [-0.2, -0.15) is 0 Å². The number of nitrogens with two attached hydrogens (primary N) is 1. The lowest BCUT2D eigenvalue weighted by Gasteiger charge is -2.23. The molecule has 1 heterocycles. The van der Waals surface area contributed by atoms with Gasteiger partial charge in [0.2, 0.25) is 0 Å². The van der Waals surface area contributed by atoms with Gasteiger partial charge in [0.15, 0.2) is 5.82 Å². The Hall–Kier alpha value is -1.16. The molecule has 78 valence electrons. The lowest BCUT2D eigenvalue weighted by Crippen LogP contribution is -2.25. The van der Waals surface area contributed by atoms with Gasteiger partial charge in [0.1, 0.15) is 11.4 Å². The summed E-state index contributed by atoms with van der Waals surface area (Å²) in [5, 5.41) is 0. The van der Waals surface area contributed by atoms with Gasteiger partial charge in [-0.3, -0.25) is 0 Å². The lowest BCUT2D eigenvalue weighted by molar-refractivity contribution is -0.0207. The van der Waals surface area contributed by atoms with Crippen molar-refractivity contribution in [1.29, 1.82) is 0 Å². The van der Waals surface area contributed by atoms with Crippen molar-refractivity contribution in [2.24, 2.45) is 0 Å². The van der Waals surface area contributed by atoms with Gasteiger partial charge in [0.25, 0.3) is 0 Å². The van der Waals surface area contributed by atoms with Crippen LogP contribution in [-0.4, -0.2) is 16.6 Å². The summed E-state index contributed by atoms with van der Waals surface area (Å²) >= 11 is 0. The second kappa shape index (κ2) is 3.92. The van der Waals surface area contributed by atoms with E-state index in [2.05, 4.69) is 9.97 Å². The van der Waals surface area contributed by atoms with Gasteiger partial charge in [-0.05, 0) is 27.7 Å². The average Bonchev–Trinajstić information content (AvgIpc) is 2.09. The minimum atomic E-state index is -0.476. The Kier molecular flexibility index (Phi) is 3.06. The summed E-state index contributed by atoms with van der Waals surface area (Å²) in [6, 6.07) is 0. The van der Waals surface area contributed by atoms with E-state index in [0.717, 1.165) is 5.56 Å². The van der Waals surface area contributed by atoms with Crippen LogP contribution < -0.4 is 5.73 Å². The van der Waals surface area contributed by atoms with Gasteiger partial charge in [0, 0.05) is 18.4 Å². The second-order valence-electron chi connectivity index (χ2n) is 3.71. The molecular formula is C10H17N3O. The molecule has 1 aromatic heterocycles. The number of aryl methyl sites for hydroxylation is 1. The van der Waals surface area contributed by atoms with Crippen molar-refractivity contribution in [3.8, 4) is 0 Å². The molecule has 1 rings (SSSR count). The first-order valence-corrected chi connectivity index (χ1v) is 4.71. The number of aromatic nitrogens is 2. The summed E-state index contributed by atoms with van der Waals surface area (Å²) in [4.78, 5) is 8.42. The van der Waals surface area contributed by atoms with Gasteiger partial charge >= 0.3 is 0 Å². The van der Waals surface area contributed by atoms with Crippen LogP contribution in [0.4, 0.5) is 5.82 Å². The molecule has 0 saturated heterocycles. The van der Waals surface area contributed by atoms with Crippen molar-refractivity contribution >= 4 is 5.82 Å². The molecule has 0 bridgehead atoms. The van der Waals surface area contributed by atoms with Crippen molar-refractivity contribution < 1.29 is 4.74 Å². The van der Waals surface area contributed by atoms with Crippen LogP contribution >= 0.6 is 0 Å². The highest BCUT2D eigenvalue weighted by molar-refractivity contribution is 5.36. The summed E-state index contributed by atoms with van der Waals surface area (Å²) < 4.78 is 5.53. The first kappa shape index (κ1) is 10.9. The first-order valence-electron chi connectivity index (χ1n) is 4.71. The highest BCUT2D eigenvalue weighted by atomic mass is 16.5. The van der Waals surface area contributed by atoms with E-state index in [1.54, 1.807) is 6.20 Å². The van der Waals surface area contributed by atoms with Gasteiger partial charge in [-0.25, -0.2) is 9.97 Å². The standard InChI is InChI=1S/C10H17N3O/c1-5-14-10(3,4)9-12-6-7(2)8(11)13-9/h6H,5H2,1-4H3,(H2,11,12,13). The van der Waals surface area contributed by atoms with Crippen molar-refractivity contribution in [3.63, 3.8) is 0 Å². The molecule has 0 spiro atoms. The van der Waals surface area contributed by atoms with Crippen LogP contribution in [0.25, 0.3) is 0 Å². The number of ether oxygens (including phenoxy) is 1. The fourth-order valence-electron chi connectivity index (χ4n) is 1.17. The fraction of sp³-hybridized carbons (Fsp3) is 0.600. The Labute approximate surface area is 84.5 Å². The molecular weight excluding hydrogens is 178 g/mol. The Balaban J connectivity index is 3.01. The molecule has 0 aliphatic carbocycles. The zero-order valence-electron chi connectivity index (χ0n) is 9.16. The zero-order chi connectivity index (χ0) is 10.8. The highest BCUT2D eigenvalue weighted by Crippen LogP contribution is 2.21. The first-order chi connectivity index (χ1) is 6.47. The van der Waals surface area contributed by atoms with Gasteiger partial charge in [-0.1, -0.05) is 0 Å². The quantitative estimate of drug-likeness (QED) is 0.796. The van der Waals surface area contributed by atoms with E-state index < -0.39 is 5.60 Å². The second-order valence-corrected chi connectivity index (χ2v) is 3.71. The Morgan fingerprint density at radius 2 is 2.14 bits per heavy atom. The lowest BCUT2D eigenvalue weighted by atomic mass is 10.1. The number of nitrogens with zero attached hydrogens (tertiary/aromatic N) is 2. The number of nitrogen functional groups attached to an aromatic ring is 1. The number of hydrogen-bond acceptors (Lipinski definition) is 4. The van der Waals surface area contributed by atoms with E-state index in [4.69, 9.17) is 10.5 Å². The molecule has 14 heavy (non-hydrogen) atoms. The van der Waals surface area contributed by atoms with E-state index in [-0.39, 0.29) is 0 Å². The van der Waals surface area contributed by atoms with Crippen LogP contribution in [-0.2, 0) is 10.3 Å². The SMILES string of the molecule is CCOC(C)(C)c1ncc(C)c(N)n1. The maximum absolute atomic E-state index is 5.71. The number of rotatable bonds is 3. The van der Waals surface area contributed by atoms with Crippen LogP contribution in [0, 0.1) is 6.92 Å². The topological polar surface area (TPSA) is 61.0 Å². The largest absolute Gasteiger partial charge is 0.383 e. The van der Waals surface area contributed by atoms with E-state index in [1.807, 2.05) is 27.7 Å². The fourth-order valence-corrected chi connectivity index (χ4v) is 1.17. The summed E-state index contributed by atoms with van der Waals surface area (Å²) in [7, 11) is 0. The third-order valence-electron chi connectivity index (χ3n) is 2.05. The number of hydrogen-bond donors (Lipinski definition) is 1. The normalized spacial score (nSPS) is 11.7. The van der Waals surface area contributed by atoms with Crippen LogP contribution in [0.3, 0.4) is 0 Å². The van der Waals surface area contributed by atoms with Crippen LogP contribution in [0.15, 0.2) is 6.20 Å². The molecule has 1 aromatic rings. The molecule has 0 aliphatic rings. The maximum Gasteiger partial charge on any atom is 0.162 e. The van der Waals surface area contributed by atoms with Gasteiger partial charge in [-0.15, -0.1) is 0 Å². The molecule has 0 aliphatic heterocycles. The predicted octanol–water partition coefficient (Wildman–Crippen LogP) is 1.64. The van der Waals surface area contributed by atoms with E-state index in [9.17, 15) is 0 Å². The van der Waals surface area contributed by atoms with Crippen molar-refractivity contribution in [2.45, 2.75) is 33.3 Å². The Morgan fingerprint density at radius 3 is 2.64 bits per heavy atom. The smallest absolute Gasteiger partial charge is 0.162 e. The van der Waals surface area contributed by atoms with E-state index in [1.165, 1.54) is 0 Å². The van der Waals surface area contributed by atoms with E-state index in [0.29, 0.717) is 18.2 Å². The minimum absolute atomic E-state index is 0.476. The Bertz CT molecular complexity index is 323. The van der Waals surface area contributed by atoms with Gasteiger partial charge in [0.05, 0.1) is 0 Å². The molecule has 0 radical (unpaired) electrons. The molecule has 0 saturated carbocycles. The van der Waals surface area contributed by atoms with Crippen LogP contribution in [0.2, 0.25) is 0 Å². The molecule has 0 fully saturated rings. The maximum atomic E-state index is 5.71. The average molecular weight is 195 g/mol. The third-order valence-corrected chi connectivity index (χ3v) is 2.05. The van der Waals surface area contributed by atoms with Crippen LogP contribution in [0.1, 0.15) is 32.2 Å². The van der Waals surface area contributed by atoms with E-state index >= 15 is 0 Å². The summed E-state index contributed by atoms with van der Waals surface area (Å²) in [6.07, 6.45) is 1.72. The zero-order valence-corrected chi connectivity index (χ0v) is 9.16. The monoisotopic (exact) mass is 195 g/mol. The molecule has 2 N–H and O–H groups in total. The third kappa shape index (κ3) is 2.20. The van der Waals surface area contributed by atoms with Crippen molar-refractivity contribution in [1.82, 2.24) is 9.97 Å². The number of anilines is 1. The Morgan fingerprint density at radius 1 is 1.50 bits per heavy atom. The molecule has 0 aromatic carbocycles. The summed E-state index contributed by atoms with van der Waals surface area (Å²) in [5.74, 6) is 1.14. The summed E-state index contributed by atoms with van der Waals surface area (Å²) in [6.45, 7) is 8.32. The summed E-state index contributed by atoms with van der Waals surface area (Å²) in [5.41, 5.74) is 6.12. The molecule has 0 unspecified atom stereocenters. The molecule has 0 atom stereocenters. The molecule has 0 amide bonds. The predicted molar refractivity (Wildman–Crippen MR) is 55.8 cm³/mol. The molecule has 4 nitrogen and oxygen atoms in total. The minimum Gasteiger partial charge on any atom is -0.383 e. The highest BCUT2D eigenvalue weighted by Gasteiger charge is 2.24. The van der Waals surface area contributed by atoms with Crippen LogP contribution in [0.5, 0.6) is 0 Å². The van der Waals surface area contributed by atoms with Crippen molar-refractivity contribution in [2.75, 3.05) is 12.3 Å². The van der Waals surface area contributed by atoms with Gasteiger partial charge < -0.3 is 10.5 Å².